The van der Waals surface area contributed by atoms with Gasteiger partial charge < -0.3 is 10.6 Å². The molecular formula is C16H16N2O4S. The van der Waals surface area contributed by atoms with Gasteiger partial charge in [-0.3, -0.25) is 9.59 Å². The number of rotatable bonds is 5. The largest absolute Gasteiger partial charge is 0.326 e. The summed E-state index contributed by atoms with van der Waals surface area (Å²) in [6.45, 7) is 1.39. The van der Waals surface area contributed by atoms with Crippen LogP contribution in [-0.4, -0.2) is 26.0 Å². The van der Waals surface area contributed by atoms with Gasteiger partial charge in [-0.15, -0.1) is 0 Å². The summed E-state index contributed by atoms with van der Waals surface area (Å²) in [6, 6.07) is 14.2. The Morgan fingerprint density at radius 1 is 0.870 bits per heavy atom. The van der Waals surface area contributed by atoms with E-state index in [0.717, 1.165) is 0 Å². The molecule has 0 aliphatic heterocycles. The van der Waals surface area contributed by atoms with E-state index in [-0.39, 0.29) is 10.8 Å². The van der Waals surface area contributed by atoms with Crippen molar-refractivity contribution in [2.45, 2.75) is 11.8 Å². The second kappa shape index (κ2) is 7.06. The van der Waals surface area contributed by atoms with Crippen molar-refractivity contribution in [3.63, 3.8) is 0 Å². The van der Waals surface area contributed by atoms with Gasteiger partial charge in [0, 0.05) is 18.3 Å². The quantitative estimate of drug-likeness (QED) is 0.876. The van der Waals surface area contributed by atoms with E-state index in [4.69, 9.17) is 0 Å². The minimum Gasteiger partial charge on any atom is -0.326 e. The third-order valence-corrected chi connectivity index (χ3v) is 4.55. The molecule has 0 aliphatic rings. The summed E-state index contributed by atoms with van der Waals surface area (Å²) in [7, 11) is -3.67. The molecule has 23 heavy (non-hydrogen) atoms. The second-order valence-electron chi connectivity index (χ2n) is 4.88. The molecule has 0 spiro atoms. The number of hydrogen-bond donors (Lipinski definition) is 2. The highest BCUT2D eigenvalue weighted by molar-refractivity contribution is 7.92. The van der Waals surface area contributed by atoms with Gasteiger partial charge in [-0.25, -0.2) is 8.42 Å². The monoisotopic (exact) mass is 332 g/mol. The highest BCUT2D eigenvalue weighted by Crippen LogP contribution is 2.15. The summed E-state index contributed by atoms with van der Waals surface area (Å²) in [5.74, 6) is -1.46. The zero-order chi connectivity index (χ0) is 16.9. The van der Waals surface area contributed by atoms with Crippen LogP contribution in [0.2, 0.25) is 0 Å². The Labute approximate surface area is 134 Å². The fraction of sp³-hybridized carbons (Fsp3) is 0.125. The topological polar surface area (TPSA) is 92.3 Å². The third kappa shape index (κ3) is 4.93. The molecule has 2 amide bonds. The lowest BCUT2D eigenvalue weighted by atomic mass is 10.3. The van der Waals surface area contributed by atoms with Crippen LogP contribution in [0.1, 0.15) is 6.92 Å². The number of carbonyl (C=O) groups excluding carboxylic acids is 2. The zero-order valence-corrected chi connectivity index (χ0v) is 13.3. The first-order valence-corrected chi connectivity index (χ1v) is 8.47. The average Bonchev–Trinajstić information content (AvgIpc) is 2.49. The smallest absolute Gasteiger partial charge is 0.239 e. The number of hydrogen-bond acceptors (Lipinski definition) is 4. The van der Waals surface area contributed by atoms with E-state index >= 15 is 0 Å². The van der Waals surface area contributed by atoms with Crippen molar-refractivity contribution in [3.05, 3.63) is 54.6 Å². The SMILES string of the molecule is CC(=O)Nc1ccc(NC(=O)CS(=O)(=O)c2ccccc2)cc1. The molecule has 0 bridgehead atoms. The first-order valence-electron chi connectivity index (χ1n) is 6.82. The minimum atomic E-state index is -3.67. The predicted molar refractivity (Wildman–Crippen MR) is 87.9 cm³/mol. The lowest BCUT2D eigenvalue weighted by molar-refractivity contribution is -0.114. The summed E-state index contributed by atoms with van der Waals surface area (Å²) in [4.78, 5) is 22.9. The number of nitrogens with one attached hydrogen (secondary N) is 2. The van der Waals surface area contributed by atoms with Crippen LogP contribution in [0.4, 0.5) is 11.4 Å². The molecule has 0 unspecified atom stereocenters. The molecule has 2 aromatic rings. The Hall–Kier alpha value is -2.67. The summed E-state index contributed by atoms with van der Waals surface area (Å²) in [5, 5.41) is 5.12. The van der Waals surface area contributed by atoms with Gasteiger partial charge in [-0.1, -0.05) is 18.2 Å². The van der Waals surface area contributed by atoms with Crippen LogP contribution < -0.4 is 10.6 Å². The fourth-order valence-corrected chi connectivity index (χ4v) is 3.08. The van der Waals surface area contributed by atoms with Crippen LogP contribution >= 0.6 is 0 Å². The van der Waals surface area contributed by atoms with Gasteiger partial charge in [0.2, 0.25) is 11.8 Å². The molecule has 0 saturated carbocycles. The molecule has 2 aromatic carbocycles. The van der Waals surface area contributed by atoms with E-state index in [0.29, 0.717) is 11.4 Å². The van der Waals surface area contributed by atoms with Crippen molar-refractivity contribution in [1.29, 1.82) is 0 Å². The molecule has 2 rings (SSSR count). The standard InChI is InChI=1S/C16H16N2O4S/c1-12(19)17-13-7-9-14(10-8-13)18-16(20)11-23(21,22)15-5-3-2-4-6-15/h2-10H,11H2,1H3,(H,17,19)(H,18,20). The Kier molecular flexibility index (Phi) is 5.13. The van der Waals surface area contributed by atoms with Crippen molar-refractivity contribution in [2.24, 2.45) is 0 Å². The lowest BCUT2D eigenvalue weighted by Gasteiger charge is -2.08. The Morgan fingerprint density at radius 3 is 1.91 bits per heavy atom. The van der Waals surface area contributed by atoms with Gasteiger partial charge in [0.15, 0.2) is 9.84 Å². The Morgan fingerprint density at radius 2 is 1.39 bits per heavy atom. The van der Waals surface area contributed by atoms with Gasteiger partial charge in [-0.2, -0.15) is 0 Å². The van der Waals surface area contributed by atoms with Crippen LogP contribution in [0.15, 0.2) is 59.5 Å². The number of sulfone groups is 1. The Bertz CT molecular complexity index is 800. The first-order chi connectivity index (χ1) is 10.9. The number of anilines is 2. The van der Waals surface area contributed by atoms with Gasteiger partial charge in [0.25, 0.3) is 0 Å². The van der Waals surface area contributed by atoms with Crippen LogP contribution in [0.25, 0.3) is 0 Å². The van der Waals surface area contributed by atoms with E-state index in [1.807, 2.05) is 0 Å². The third-order valence-electron chi connectivity index (χ3n) is 2.91. The van der Waals surface area contributed by atoms with Crippen molar-refractivity contribution in [2.75, 3.05) is 16.4 Å². The molecule has 7 heteroatoms. The van der Waals surface area contributed by atoms with Gasteiger partial charge >= 0.3 is 0 Å². The van der Waals surface area contributed by atoms with Crippen LogP contribution in [0.3, 0.4) is 0 Å². The normalized spacial score (nSPS) is 10.8. The van der Waals surface area contributed by atoms with Gasteiger partial charge in [-0.05, 0) is 36.4 Å². The molecule has 0 saturated heterocycles. The number of benzene rings is 2. The van der Waals surface area contributed by atoms with Crippen LogP contribution in [0, 0.1) is 0 Å². The second-order valence-corrected chi connectivity index (χ2v) is 6.87. The van der Waals surface area contributed by atoms with E-state index in [9.17, 15) is 18.0 Å². The maximum atomic E-state index is 12.1. The molecule has 2 N–H and O–H groups in total. The summed E-state index contributed by atoms with van der Waals surface area (Å²) in [5.41, 5.74) is 1.04. The van der Waals surface area contributed by atoms with E-state index in [1.165, 1.54) is 19.1 Å². The average molecular weight is 332 g/mol. The van der Waals surface area contributed by atoms with Crippen LogP contribution in [-0.2, 0) is 19.4 Å². The van der Waals surface area contributed by atoms with Crippen molar-refractivity contribution < 1.29 is 18.0 Å². The fourth-order valence-electron chi connectivity index (χ4n) is 1.92. The highest BCUT2D eigenvalue weighted by atomic mass is 32.2. The molecule has 0 heterocycles. The maximum absolute atomic E-state index is 12.1. The number of carbonyl (C=O) groups is 2. The minimum absolute atomic E-state index is 0.108. The highest BCUT2D eigenvalue weighted by Gasteiger charge is 2.19. The molecule has 0 aliphatic carbocycles. The zero-order valence-electron chi connectivity index (χ0n) is 12.4. The van der Waals surface area contributed by atoms with E-state index in [2.05, 4.69) is 10.6 Å². The van der Waals surface area contributed by atoms with Crippen LogP contribution in [0.5, 0.6) is 0 Å². The van der Waals surface area contributed by atoms with Crippen molar-refractivity contribution in [3.8, 4) is 0 Å². The Balaban J connectivity index is 2.01. The number of amides is 2. The first kappa shape index (κ1) is 16.7. The van der Waals surface area contributed by atoms with Crippen molar-refractivity contribution >= 4 is 33.0 Å². The molecule has 6 nitrogen and oxygen atoms in total. The molecular weight excluding hydrogens is 316 g/mol. The van der Waals surface area contributed by atoms with Gasteiger partial charge in [0.1, 0.15) is 5.75 Å². The van der Waals surface area contributed by atoms with E-state index < -0.39 is 21.5 Å². The molecule has 0 atom stereocenters. The summed E-state index contributed by atoms with van der Waals surface area (Å²) >= 11 is 0. The maximum Gasteiger partial charge on any atom is 0.239 e. The molecule has 0 fully saturated rings. The molecule has 120 valence electrons. The van der Waals surface area contributed by atoms with Crippen molar-refractivity contribution in [1.82, 2.24) is 0 Å². The van der Waals surface area contributed by atoms with Gasteiger partial charge in [0.05, 0.1) is 4.90 Å². The molecule has 0 radical (unpaired) electrons. The summed E-state index contributed by atoms with van der Waals surface area (Å²) in [6.07, 6.45) is 0. The predicted octanol–water partition coefficient (Wildman–Crippen LogP) is 2.06. The van der Waals surface area contributed by atoms with E-state index in [1.54, 1.807) is 42.5 Å². The molecule has 0 aromatic heterocycles. The lowest BCUT2D eigenvalue weighted by Crippen LogP contribution is -2.23. The summed E-state index contributed by atoms with van der Waals surface area (Å²) < 4.78 is 24.2.